The second-order valence-corrected chi connectivity index (χ2v) is 8.14. The van der Waals surface area contributed by atoms with Crippen LogP contribution in [0.3, 0.4) is 0 Å². The quantitative estimate of drug-likeness (QED) is 0.188. The normalized spacial score (nSPS) is 16.3. The Morgan fingerprint density at radius 3 is 1.29 bits per heavy atom. The molecule has 3 aromatic carbocycles. The Morgan fingerprint density at radius 2 is 0.943 bits per heavy atom. The minimum Gasteiger partial charge on any atom is -0.393 e. The highest BCUT2D eigenvalue weighted by atomic mass is 35.5. The number of halogens is 1. The lowest BCUT2D eigenvalue weighted by Crippen LogP contribution is -2.79. The minimum atomic E-state index is -3.96. The molecule has 3 atom stereocenters. The van der Waals surface area contributed by atoms with Crippen LogP contribution in [0.1, 0.15) is 31.1 Å². The number of ketones is 3. The zero-order chi connectivity index (χ0) is 25.9. The fraction of sp³-hybridized carbons (Fsp3) is 0.154. The first-order valence-corrected chi connectivity index (χ1v) is 10.7. The molecule has 0 saturated heterocycles. The van der Waals surface area contributed by atoms with Crippen molar-refractivity contribution in [1.82, 2.24) is 0 Å². The zero-order valence-corrected chi connectivity index (χ0v) is 18.9. The summed E-state index contributed by atoms with van der Waals surface area (Å²) in [5.74, 6) is -4.61. The van der Waals surface area contributed by atoms with Gasteiger partial charge in [-0.1, -0.05) is 91.0 Å². The largest absolute Gasteiger partial charge is 0.393 e. The summed E-state index contributed by atoms with van der Waals surface area (Å²) in [7, 11) is 0. The van der Waals surface area contributed by atoms with Gasteiger partial charge in [0.25, 0.3) is 5.24 Å². The van der Waals surface area contributed by atoms with E-state index in [1.54, 1.807) is 0 Å². The van der Waals surface area contributed by atoms with Gasteiger partial charge in [-0.05, 0) is 11.6 Å². The van der Waals surface area contributed by atoms with Crippen molar-refractivity contribution in [3.8, 4) is 0 Å². The predicted octanol–water partition coefficient (Wildman–Crippen LogP) is 1.59. The van der Waals surface area contributed by atoms with Crippen LogP contribution in [0, 0.1) is 0 Å². The maximum absolute atomic E-state index is 13.7. The van der Waals surface area contributed by atoms with Gasteiger partial charge in [-0.15, -0.1) is 0 Å². The molecule has 3 aromatic rings. The molecule has 3 rings (SSSR count). The molecular weight excluding hydrogens is 476 g/mol. The lowest BCUT2D eigenvalue weighted by atomic mass is 9.62. The average molecular weight is 497 g/mol. The second kappa shape index (κ2) is 9.99. The molecular formula is C26H21ClO8. The van der Waals surface area contributed by atoms with Gasteiger partial charge in [-0.2, -0.15) is 0 Å². The van der Waals surface area contributed by atoms with Crippen molar-refractivity contribution < 1.29 is 39.6 Å². The number of hydrogen-bond donors (Lipinski definition) is 4. The van der Waals surface area contributed by atoms with Crippen molar-refractivity contribution >= 4 is 34.2 Å². The van der Waals surface area contributed by atoms with Crippen molar-refractivity contribution in [2.24, 2.45) is 0 Å². The number of hydrogen-bond acceptors (Lipinski definition) is 8. The molecule has 0 aliphatic rings. The third-order valence-electron chi connectivity index (χ3n) is 5.78. The van der Waals surface area contributed by atoms with Crippen molar-refractivity contribution in [1.29, 1.82) is 0 Å². The molecule has 0 radical (unpaired) electrons. The van der Waals surface area contributed by atoms with Crippen LogP contribution in [-0.4, -0.2) is 66.4 Å². The average Bonchev–Trinajstić information content (AvgIpc) is 2.91. The van der Waals surface area contributed by atoms with Crippen LogP contribution in [0.15, 0.2) is 91.0 Å². The molecule has 3 unspecified atom stereocenters. The number of carbonyl (C=O) groups excluding carboxylic acids is 4. The molecule has 0 heterocycles. The molecule has 0 aromatic heterocycles. The van der Waals surface area contributed by atoms with Gasteiger partial charge in [-0.25, -0.2) is 0 Å². The minimum absolute atomic E-state index is 0.292. The number of aliphatic hydroxyl groups is 4. The molecule has 0 amide bonds. The Morgan fingerprint density at radius 1 is 0.600 bits per heavy atom. The fourth-order valence-corrected chi connectivity index (χ4v) is 4.05. The summed E-state index contributed by atoms with van der Waals surface area (Å²) < 4.78 is 0. The Hall–Kier alpha value is -3.53. The van der Waals surface area contributed by atoms with E-state index >= 15 is 0 Å². The molecule has 0 bridgehead atoms. The summed E-state index contributed by atoms with van der Waals surface area (Å²) in [5, 5.41) is 43.1. The standard InChI is InChI=1S/C26H21ClO8/c27-23(32)25(34,21(30)18-12-6-2-7-13-18)26(35,22(31)19-14-8-3-9-15-19)24(33,16-28)20(29)17-10-4-1-5-11-17/h1-15,28,33-35H,16H2. The van der Waals surface area contributed by atoms with Gasteiger partial charge in [0, 0.05) is 16.7 Å². The Labute approximate surface area is 205 Å². The van der Waals surface area contributed by atoms with Crippen LogP contribution in [0.4, 0.5) is 0 Å². The third-order valence-corrected chi connectivity index (χ3v) is 6.05. The highest BCUT2D eigenvalue weighted by Gasteiger charge is 2.74. The lowest BCUT2D eigenvalue weighted by Gasteiger charge is -2.47. The van der Waals surface area contributed by atoms with Crippen LogP contribution in [0.25, 0.3) is 0 Å². The van der Waals surface area contributed by atoms with Gasteiger partial charge in [0.15, 0.2) is 11.4 Å². The van der Waals surface area contributed by atoms with Gasteiger partial charge in [0.1, 0.15) is 0 Å². The van der Waals surface area contributed by atoms with Gasteiger partial charge >= 0.3 is 0 Å². The highest BCUT2D eigenvalue weighted by molar-refractivity contribution is 6.68. The monoisotopic (exact) mass is 496 g/mol. The number of Topliss-reactive ketones (excluding diaryl/α,β-unsaturated/α-hetero) is 3. The Balaban J connectivity index is 2.38. The number of aliphatic hydroxyl groups excluding tert-OH is 1. The van der Waals surface area contributed by atoms with E-state index in [1.165, 1.54) is 66.7 Å². The third kappa shape index (κ3) is 4.12. The van der Waals surface area contributed by atoms with Gasteiger partial charge in [-0.3, -0.25) is 19.2 Å². The van der Waals surface area contributed by atoms with E-state index in [-0.39, 0.29) is 16.7 Å². The van der Waals surface area contributed by atoms with E-state index in [0.717, 1.165) is 24.3 Å². The summed E-state index contributed by atoms with van der Waals surface area (Å²) in [6, 6.07) is 19.9. The van der Waals surface area contributed by atoms with Crippen molar-refractivity contribution in [3.05, 3.63) is 108 Å². The number of rotatable bonds is 10. The van der Waals surface area contributed by atoms with E-state index in [2.05, 4.69) is 0 Å². The van der Waals surface area contributed by atoms with E-state index < -0.39 is 46.0 Å². The van der Waals surface area contributed by atoms with Crippen molar-refractivity contribution in [2.75, 3.05) is 6.61 Å². The lowest BCUT2D eigenvalue weighted by molar-refractivity contribution is -0.190. The summed E-state index contributed by atoms with van der Waals surface area (Å²) in [6.07, 6.45) is 0. The number of carbonyl (C=O) groups is 4. The van der Waals surface area contributed by atoms with Gasteiger partial charge < -0.3 is 20.4 Å². The van der Waals surface area contributed by atoms with Gasteiger partial charge in [0.05, 0.1) is 6.61 Å². The second-order valence-electron chi connectivity index (χ2n) is 7.80. The van der Waals surface area contributed by atoms with Crippen LogP contribution >= 0.6 is 11.6 Å². The summed E-state index contributed by atoms with van der Waals surface area (Å²) in [6.45, 7) is -1.66. The first kappa shape index (κ1) is 26.1. The first-order valence-electron chi connectivity index (χ1n) is 10.3. The maximum Gasteiger partial charge on any atom is 0.265 e. The van der Waals surface area contributed by atoms with E-state index in [1.807, 2.05) is 0 Å². The number of benzene rings is 3. The molecule has 0 spiro atoms. The molecule has 0 fully saturated rings. The Kier molecular flexibility index (Phi) is 7.44. The van der Waals surface area contributed by atoms with Crippen molar-refractivity contribution in [3.63, 3.8) is 0 Å². The molecule has 4 N–H and O–H groups in total. The molecule has 9 heteroatoms. The van der Waals surface area contributed by atoms with Crippen LogP contribution < -0.4 is 0 Å². The van der Waals surface area contributed by atoms with Crippen LogP contribution in [-0.2, 0) is 4.79 Å². The van der Waals surface area contributed by atoms with E-state index in [4.69, 9.17) is 11.6 Å². The molecule has 0 saturated carbocycles. The van der Waals surface area contributed by atoms with E-state index in [0.29, 0.717) is 0 Å². The van der Waals surface area contributed by atoms with E-state index in [9.17, 15) is 39.6 Å². The maximum atomic E-state index is 13.7. The summed E-state index contributed by atoms with van der Waals surface area (Å²) in [5.41, 5.74) is -12.5. The molecule has 35 heavy (non-hydrogen) atoms. The van der Waals surface area contributed by atoms with Crippen LogP contribution in [0.2, 0.25) is 0 Å². The predicted molar refractivity (Wildman–Crippen MR) is 125 cm³/mol. The Bertz CT molecular complexity index is 1250. The smallest absolute Gasteiger partial charge is 0.265 e. The van der Waals surface area contributed by atoms with Crippen LogP contribution in [0.5, 0.6) is 0 Å². The van der Waals surface area contributed by atoms with Gasteiger partial charge in [0.2, 0.25) is 22.8 Å². The molecule has 0 aliphatic carbocycles. The molecule has 8 nitrogen and oxygen atoms in total. The highest BCUT2D eigenvalue weighted by Crippen LogP contribution is 2.42. The fourth-order valence-electron chi connectivity index (χ4n) is 3.82. The topological polar surface area (TPSA) is 149 Å². The SMILES string of the molecule is O=C(c1ccccc1)C(O)(CO)C(O)(C(=O)c1ccccc1)C(O)(C(=O)Cl)C(=O)c1ccccc1. The summed E-state index contributed by atoms with van der Waals surface area (Å²) in [4.78, 5) is 53.2. The zero-order valence-electron chi connectivity index (χ0n) is 18.2. The molecule has 0 aliphatic heterocycles. The molecule has 180 valence electrons. The summed E-state index contributed by atoms with van der Waals surface area (Å²) >= 11 is 5.63. The van der Waals surface area contributed by atoms with Crippen molar-refractivity contribution in [2.45, 2.75) is 16.8 Å². The first-order chi connectivity index (χ1) is 16.6.